The molecule has 0 amide bonds. The van der Waals surface area contributed by atoms with Crippen molar-refractivity contribution in [2.75, 3.05) is 11.4 Å². The molecular formula is C18H27NO2. The number of rotatable bonds is 4. The fourth-order valence-electron chi connectivity index (χ4n) is 3.45. The predicted molar refractivity (Wildman–Crippen MR) is 86.6 cm³/mol. The van der Waals surface area contributed by atoms with E-state index in [1.165, 1.54) is 12.8 Å². The Kier molecular flexibility index (Phi) is 4.92. The summed E-state index contributed by atoms with van der Waals surface area (Å²) in [6.07, 6.45) is 4.56. The Hall–Kier alpha value is -1.51. The Morgan fingerprint density at radius 3 is 2.19 bits per heavy atom. The summed E-state index contributed by atoms with van der Waals surface area (Å²) in [7, 11) is 0. The molecule has 3 nitrogen and oxygen atoms in total. The summed E-state index contributed by atoms with van der Waals surface area (Å²) in [6.45, 7) is 7.02. The van der Waals surface area contributed by atoms with Crippen LogP contribution in [0.2, 0.25) is 0 Å². The van der Waals surface area contributed by atoms with Crippen LogP contribution in [0.25, 0.3) is 0 Å². The SMILES string of the molecule is CC(C)(C)C1CCC(N(CC(=O)O)c2ccccc2)CC1. The highest BCUT2D eigenvalue weighted by atomic mass is 16.4. The van der Waals surface area contributed by atoms with Gasteiger partial charge in [0.25, 0.3) is 0 Å². The Bertz CT molecular complexity index is 456. The van der Waals surface area contributed by atoms with Gasteiger partial charge >= 0.3 is 5.97 Å². The van der Waals surface area contributed by atoms with E-state index in [2.05, 4.69) is 25.7 Å². The van der Waals surface area contributed by atoms with Gasteiger partial charge in [-0.25, -0.2) is 0 Å². The Labute approximate surface area is 128 Å². The van der Waals surface area contributed by atoms with E-state index < -0.39 is 5.97 Å². The first kappa shape index (κ1) is 15.9. The first-order chi connectivity index (χ1) is 9.88. The molecule has 0 aliphatic heterocycles. The molecule has 1 N–H and O–H groups in total. The molecule has 0 spiro atoms. The van der Waals surface area contributed by atoms with E-state index in [1.54, 1.807) is 0 Å². The van der Waals surface area contributed by atoms with Crippen LogP contribution in [0.5, 0.6) is 0 Å². The van der Waals surface area contributed by atoms with Gasteiger partial charge in [-0.1, -0.05) is 39.0 Å². The van der Waals surface area contributed by atoms with Crippen LogP contribution in [0, 0.1) is 11.3 Å². The van der Waals surface area contributed by atoms with Crippen LogP contribution >= 0.6 is 0 Å². The van der Waals surface area contributed by atoms with Crippen molar-refractivity contribution < 1.29 is 9.90 Å². The smallest absolute Gasteiger partial charge is 0.323 e. The maximum absolute atomic E-state index is 11.2. The van der Waals surface area contributed by atoms with Crippen LogP contribution in [0.15, 0.2) is 30.3 Å². The van der Waals surface area contributed by atoms with Crippen molar-refractivity contribution in [2.24, 2.45) is 11.3 Å². The second kappa shape index (κ2) is 6.50. The number of nitrogens with zero attached hydrogens (tertiary/aromatic N) is 1. The van der Waals surface area contributed by atoms with Crippen LogP contribution in [0.3, 0.4) is 0 Å². The fraction of sp³-hybridized carbons (Fsp3) is 0.611. The van der Waals surface area contributed by atoms with E-state index in [9.17, 15) is 9.90 Å². The fourth-order valence-corrected chi connectivity index (χ4v) is 3.45. The minimum absolute atomic E-state index is 0.0921. The summed E-state index contributed by atoms with van der Waals surface area (Å²) in [6, 6.07) is 10.3. The third kappa shape index (κ3) is 4.23. The Morgan fingerprint density at radius 1 is 1.14 bits per heavy atom. The van der Waals surface area contributed by atoms with Gasteiger partial charge in [-0.15, -0.1) is 0 Å². The van der Waals surface area contributed by atoms with Crippen LogP contribution in [0.1, 0.15) is 46.5 Å². The van der Waals surface area contributed by atoms with Crippen molar-refractivity contribution in [3.05, 3.63) is 30.3 Å². The monoisotopic (exact) mass is 289 g/mol. The standard InChI is InChI=1S/C18H27NO2/c1-18(2,3)14-9-11-16(12-10-14)19(13-17(20)21)15-7-5-4-6-8-15/h4-8,14,16H,9-13H2,1-3H3,(H,20,21). The van der Waals surface area contributed by atoms with Crippen molar-refractivity contribution in [1.29, 1.82) is 0 Å². The van der Waals surface area contributed by atoms with E-state index in [0.717, 1.165) is 24.4 Å². The summed E-state index contributed by atoms with van der Waals surface area (Å²) >= 11 is 0. The number of carboxylic acids is 1. The van der Waals surface area contributed by atoms with Gasteiger partial charge in [0.05, 0.1) is 0 Å². The normalized spacial score (nSPS) is 22.8. The Balaban J connectivity index is 2.08. The van der Waals surface area contributed by atoms with Gasteiger partial charge in [-0.05, 0) is 49.1 Å². The number of aliphatic carboxylic acids is 1. The highest BCUT2D eigenvalue weighted by Crippen LogP contribution is 2.39. The molecule has 0 unspecified atom stereocenters. The molecule has 3 heteroatoms. The van der Waals surface area contributed by atoms with Gasteiger partial charge in [0, 0.05) is 11.7 Å². The largest absolute Gasteiger partial charge is 0.480 e. The average Bonchev–Trinajstić information content (AvgIpc) is 2.45. The van der Waals surface area contributed by atoms with Gasteiger partial charge in [0.2, 0.25) is 0 Å². The third-order valence-electron chi connectivity index (χ3n) is 4.76. The van der Waals surface area contributed by atoms with E-state index in [4.69, 9.17) is 0 Å². The molecule has 0 saturated heterocycles. The maximum Gasteiger partial charge on any atom is 0.323 e. The van der Waals surface area contributed by atoms with Gasteiger partial charge in [-0.3, -0.25) is 4.79 Å². The molecule has 0 radical (unpaired) electrons. The average molecular weight is 289 g/mol. The van der Waals surface area contributed by atoms with E-state index in [-0.39, 0.29) is 6.54 Å². The highest BCUT2D eigenvalue weighted by Gasteiger charge is 2.32. The summed E-state index contributed by atoms with van der Waals surface area (Å²) < 4.78 is 0. The molecule has 0 bridgehead atoms. The second-order valence-corrected chi connectivity index (χ2v) is 7.23. The van der Waals surface area contributed by atoms with Gasteiger partial charge < -0.3 is 10.0 Å². The molecule has 21 heavy (non-hydrogen) atoms. The minimum Gasteiger partial charge on any atom is -0.480 e. The zero-order valence-corrected chi connectivity index (χ0v) is 13.4. The number of hydrogen-bond donors (Lipinski definition) is 1. The molecule has 0 aromatic heterocycles. The number of carboxylic acid groups (broad SMARTS) is 1. The molecule has 1 aromatic carbocycles. The zero-order chi connectivity index (χ0) is 15.5. The third-order valence-corrected chi connectivity index (χ3v) is 4.76. The summed E-state index contributed by atoms with van der Waals surface area (Å²) in [5.74, 6) is -0.00648. The first-order valence-electron chi connectivity index (χ1n) is 7.91. The minimum atomic E-state index is -0.753. The molecule has 1 fully saturated rings. The lowest BCUT2D eigenvalue weighted by Gasteiger charge is -2.41. The van der Waals surface area contributed by atoms with Gasteiger partial charge in [0.1, 0.15) is 6.54 Å². The van der Waals surface area contributed by atoms with Crippen molar-refractivity contribution in [3.63, 3.8) is 0 Å². The molecule has 116 valence electrons. The summed E-state index contributed by atoms with van der Waals surface area (Å²) in [4.78, 5) is 13.3. The summed E-state index contributed by atoms with van der Waals surface area (Å²) in [5.41, 5.74) is 1.38. The molecule has 1 saturated carbocycles. The van der Waals surface area contributed by atoms with Crippen LogP contribution < -0.4 is 4.90 Å². The molecular weight excluding hydrogens is 262 g/mol. The lowest BCUT2D eigenvalue weighted by molar-refractivity contribution is -0.135. The highest BCUT2D eigenvalue weighted by molar-refractivity contribution is 5.74. The summed E-state index contributed by atoms with van der Waals surface area (Å²) in [5, 5.41) is 9.22. The van der Waals surface area contributed by atoms with Crippen molar-refractivity contribution in [3.8, 4) is 0 Å². The number of para-hydroxylation sites is 1. The first-order valence-corrected chi connectivity index (χ1v) is 7.91. The van der Waals surface area contributed by atoms with Crippen LogP contribution in [-0.4, -0.2) is 23.7 Å². The maximum atomic E-state index is 11.2. The number of anilines is 1. The lowest BCUT2D eigenvalue weighted by atomic mass is 9.71. The van der Waals surface area contributed by atoms with E-state index >= 15 is 0 Å². The molecule has 1 aliphatic carbocycles. The van der Waals surface area contributed by atoms with Crippen molar-refractivity contribution >= 4 is 11.7 Å². The van der Waals surface area contributed by atoms with E-state index in [1.807, 2.05) is 30.3 Å². The topological polar surface area (TPSA) is 40.5 Å². The number of benzene rings is 1. The van der Waals surface area contributed by atoms with Crippen LogP contribution in [0.4, 0.5) is 5.69 Å². The molecule has 0 heterocycles. The quantitative estimate of drug-likeness (QED) is 0.904. The van der Waals surface area contributed by atoms with Crippen molar-refractivity contribution in [2.45, 2.75) is 52.5 Å². The molecule has 2 rings (SSSR count). The predicted octanol–water partition coefficient (Wildman–Crippen LogP) is 4.18. The lowest BCUT2D eigenvalue weighted by Crippen LogP contribution is -2.42. The van der Waals surface area contributed by atoms with Gasteiger partial charge in [0.15, 0.2) is 0 Å². The number of hydrogen-bond acceptors (Lipinski definition) is 2. The Morgan fingerprint density at radius 2 is 1.71 bits per heavy atom. The van der Waals surface area contributed by atoms with E-state index in [0.29, 0.717) is 11.5 Å². The second-order valence-electron chi connectivity index (χ2n) is 7.23. The molecule has 1 aromatic rings. The number of carbonyl (C=O) groups is 1. The molecule has 0 atom stereocenters. The van der Waals surface area contributed by atoms with Gasteiger partial charge in [-0.2, -0.15) is 0 Å². The molecule has 1 aliphatic rings. The van der Waals surface area contributed by atoms with Crippen LogP contribution in [-0.2, 0) is 4.79 Å². The zero-order valence-electron chi connectivity index (χ0n) is 13.4. The van der Waals surface area contributed by atoms with Crippen molar-refractivity contribution in [1.82, 2.24) is 0 Å².